The number of nitrogens with one attached hydrogen (secondary N) is 1. The standard InChI is InChI=1S/C18H23N3O3S/c1-3-4-16-20-14(10-25-16)18(23)21-17(12-7-13(22)8-12)11-5-6-15(24-2)19-9-11/h5-6,9-10,12-13,17,22H,3-4,7-8H2,1-2H3,(H,21,23)/t12?,13?,17-/m1/s1. The molecule has 1 atom stereocenters. The monoisotopic (exact) mass is 361 g/mol. The maximum absolute atomic E-state index is 12.6. The molecule has 25 heavy (non-hydrogen) atoms. The Bertz CT molecular complexity index is 711. The summed E-state index contributed by atoms with van der Waals surface area (Å²) in [5.74, 6) is 0.551. The predicted molar refractivity (Wildman–Crippen MR) is 95.8 cm³/mol. The second-order valence-corrected chi connectivity index (χ2v) is 7.29. The van der Waals surface area contributed by atoms with Crippen LogP contribution in [0.5, 0.6) is 5.88 Å². The maximum Gasteiger partial charge on any atom is 0.271 e. The second-order valence-electron chi connectivity index (χ2n) is 6.35. The van der Waals surface area contributed by atoms with Crippen LogP contribution in [-0.4, -0.2) is 34.2 Å². The Balaban J connectivity index is 1.75. The van der Waals surface area contributed by atoms with Crippen molar-refractivity contribution in [3.63, 3.8) is 0 Å². The second kappa shape index (κ2) is 7.93. The highest BCUT2D eigenvalue weighted by molar-refractivity contribution is 7.09. The number of ether oxygens (including phenoxy) is 1. The Morgan fingerprint density at radius 3 is 2.88 bits per heavy atom. The number of aromatic nitrogens is 2. The van der Waals surface area contributed by atoms with Crippen molar-refractivity contribution < 1.29 is 14.6 Å². The number of pyridine rings is 1. The number of hydrogen-bond acceptors (Lipinski definition) is 6. The molecular weight excluding hydrogens is 338 g/mol. The minimum absolute atomic E-state index is 0.180. The van der Waals surface area contributed by atoms with Crippen molar-refractivity contribution in [2.24, 2.45) is 5.92 Å². The summed E-state index contributed by atoms with van der Waals surface area (Å²) < 4.78 is 5.10. The van der Waals surface area contributed by atoms with E-state index >= 15 is 0 Å². The number of aryl methyl sites for hydroxylation is 1. The fourth-order valence-electron chi connectivity index (χ4n) is 3.03. The molecule has 2 N–H and O–H groups in total. The summed E-state index contributed by atoms with van der Waals surface area (Å²) in [7, 11) is 1.57. The van der Waals surface area contributed by atoms with Gasteiger partial charge in [-0.25, -0.2) is 9.97 Å². The van der Waals surface area contributed by atoms with Crippen LogP contribution in [-0.2, 0) is 6.42 Å². The number of nitrogens with zero attached hydrogens (tertiary/aromatic N) is 2. The van der Waals surface area contributed by atoms with E-state index in [9.17, 15) is 9.90 Å². The van der Waals surface area contributed by atoms with Gasteiger partial charge in [-0.1, -0.05) is 13.0 Å². The molecule has 0 bridgehead atoms. The number of methoxy groups -OCH3 is 1. The van der Waals surface area contributed by atoms with E-state index in [1.54, 1.807) is 24.8 Å². The summed E-state index contributed by atoms with van der Waals surface area (Å²) in [6.45, 7) is 2.09. The number of amides is 1. The molecule has 0 spiro atoms. The van der Waals surface area contributed by atoms with Gasteiger partial charge in [-0.15, -0.1) is 11.3 Å². The Labute approximate surface area is 151 Å². The third-order valence-electron chi connectivity index (χ3n) is 4.48. The quantitative estimate of drug-likeness (QED) is 0.792. The molecule has 0 unspecified atom stereocenters. The third-order valence-corrected chi connectivity index (χ3v) is 5.39. The van der Waals surface area contributed by atoms with Crippen molar-refractivity contribution >= 4 is 17.2 Å². The van der Waals surface area contributed by atoms with Gasteiger partial charge in [-0.3, -0.25) is 4.79 Å². The summed E-state index contributed by atoms with van der Waals surface area (Å²) in [5.41, 5.74) is 1.37. The minimum Gasteiger partial charge on any atom is -0.481 e. The lowest BCUT2D eigenvalue weighted by Crippen LogP contribution is -2.41. The van der Waals surface area contributed by atoms with E-state index in [-0.39, 0.29) is 24.0 Å². The lowest BCUT2D eigenvalue weighted by Gasteiger charge is -2.38. The maximum atomic E-state index is 12.6. The number of carbonyl (C=O) groups excluding carboxylic acids is 1. The number of hydrogen-bond donors (Lipinski definition) is 2. The number of rotatable bonds is 7. The normalized spacial score (nSPS) is 20.6. The number of carbonyl (C=O) groups is 1. The summed E-state index contributed by atoms with van der Waals surface area (Å²) in [6, 6.07) is 3.50. The zero-order chi connectivity index (χ0) is 17.8. The highest BCUT2D eigenvalue weighted by Crippen LogP contribution is 2.38. The van der Waals surface area contributed by atoms with Crippen molar-refractivity contribution in [2.45, 2.75) is 44.8 Å². The van der Waals surface area contributed by atoms with Crippen molar-refractivity contribution in [1.29, 1.82) is 0 Å². The molecule has 2 aromatic rings. The third kappa shape index (κ3) is 4.16. The minimum atomic E-state index is -0.286. The molecule has 0 radical (unpaired) electrons. The summed E-state index contributed by atoms with van der Waals surface area (Å²) in [6.07, 6.45) is 4.68. The lowest BCUT2D eigenvalue weighted by atomic mass is 9.75. The number of aliphatic hydroxyl groups excluding tert-OH is 1. The molecule has 2 aromatic heterocycles. The van der Waals surface area contributed by atoms with Crippen molar-refractivity contribution in [3.8, 4) is 5.88 Å². The van der Waals surface area contributed by atoms with Gasteiger partial charge in [0.1, 0.15) is 5.69 Å². The SMILES string of the molecule is CCCc1nc(C(=O)N[C@H](c2ccc(OC)nc2)C2CC(O)C2)cs1. The number of aliphatic hydroxyl groups is 1. The molecule has 1 aliphatic carbocycles. The Kier molecular flexibility index (Phi) is 5.65. The Hall–Kier alpha value is -1.99. The lowest BCUT2D eigenvalue weighted by molar-refractivity contribution is 0.0234. The first-order valence-electron chi connectivity index (χ1n) is 8.54. The average Bonchev–Trinajstić information content (AvgIpc) is 3.06. The smallest absolute Gasteiger partial charge is 0.271 e. The van der Waals surface area contributed by atoms with Crippen LogP contribution in [0.3, 0.4) is 0 Å². The molecule has 0 aliphatic heterocycles. The molecule has 1 aliphatic rings. The highest BCUT2D eigenvalue weighted by atomic mass is 32.1. The van der Waals surface area contributed by atoms with Gasteiger partial charge in [0.2, 0.25) is 5.88 Å². The molecule has 0 saturated heterocycles. The van der Waals surface area contributed by atoms with E-state index in [0.717, 1.165) is 23.4 Å². The van der Waals surface area contributed by atoms with E-state index < -0.39 is 0 Å². The van der Waals surface area contributed by atoms with Crippen molar-refractivity contribution in [2.75, 3.05) is 7.11 Å². The first-order chi connectivity index (χ1) is 12.1. The van der Waals surface area contributed by atoms with Gasteiger partial charge in [0.15, 0.2) is 0 Å². The summed E-state index contributed by atoms with van der Waals surface area (Å²) in [5, 5.41) is 15.5. The zero-order valence-corrected chi connectivity index (χ0v) is 15.3. The number of thiazole rings is 1. The van der Waals surface area contributed by atoms with Gasteiger partial charge in [-0.05, 0) is 37.2 Å². The average molecular weight is 361 g/mol. The van der Waals surface area contributed by atoms with Gasteiger partial charge in [0, 0.05) is 17.6 Å². The van der Waals surface area contributed by atoms with Gasteiger partial charge in [-0.2, -0.15) is 0 Å². The van der Waals surface area contributed by atoms with Gasteiger partial charge < -0.3 is 15.2 Å². The molecule has 6 nitrogen and oxygen atoms in total. The Morgan fingerprint density at radius 2 is 2.28 bits per heavy atom. The van der Waals surface area contributed by atoms with Gasteiger partial charge >= 0.3 is 0 Å². The summed E-state index contributed by atoms with van der Waals surface area (Å²) >= 11 is 1.52. The molecule has 3 rings (SSSR count). The van der Waals surface area contributed by atoms with Crippen LogP contribution in [0.25, 0.3) is 0 Å². The molecule has 7 heteroatoms. The van der Waals surface area contributed by atoms with Crippen LogP contribution in [0.1, 0.15) is 53.3 Å². The van der Waals surface area contributed by atoms with E-state index in [1.807, 2.05) is 6.07 Å². The van der Waals surface area contributed by atoms with Crippen LogP contribution in [0.15, 0.2) is 23.7 Å². The van der Waals surface area contributed by atoms with E-state index in [1.165, 1.54) is 11.3 Å². The zero-order valence-electron chi connectivity index (χ0n) is 14.4. The Morgan fingerprint density at radius 1 is 1.48 bits per heavy atom. The van der Waals surface area contributed by atoms with E-state index in [0.29, 0.717) is 24.4 Å². The largest absolute Gasteiger partial charge is 0.481 e. The molecule has 1 amide bonds. The first-order valence-corrected chi connectivity index (χ1v) is 9.42. The fraction of sp³-hybridized carbons (Fsp3) is 0.500. The van der Waals surface area contributed by atoms with Crippen LogP contribution < -0.4 is 10.1 Å². The molecule has 2 heterocycles. The molecule has 0 aromatic carbocycles. The highest BCUT2D eigenvalue weighted by Gasteiger charge is 2.36. The molecule has 1 fully saturated rings. The molecule has 134 valence electrons. The molecular formula is C18H23N3O3S. The molecule has 1 saturated carbocycles. The van der Waals surface area contributed by atoms with Crippen LogP contribution in [0.4, 0.5) is 0 Å². The first kappa shape index (κ1) is 17.8. The van der Waals surface area contributed by atoms with Crippen LogP contribution in [0, 0.1) is 5.92 Å². The fourth-order valence-corrected chi connectivity index (χ4v) is 3.91. The van der Waals surface area contributed by atoms with Gasteiger partial charge in [0.25, 0.3) is 5.91 Å². The van der Waals surface area contributed by atoms with Gasteiger partial charge in [0.05, 0.1) is 24.3 Å². The van der Waals surface area contributed by atoms with E-state index in [4.69, 9.17) is 4.74 Å². The predicted octanol–water partition coefficient (Wildman–Crippen LogP) is 2.74. The van der Waals surface area contributed by atoms with Crippen molar-refractivity contribution in [3.05, 3.63) is 40.0 Å². The van der Waals surface area contributed by atoms with Crippen LogP contribution >= 0.6 is 11.3 Å². The van der Waals surface area contributed by atoms with Crippen molar-refractivity contribution in [1.82, 2.24) is 15.3 Å². The van der Waals surface area contributed by atoms with E-state index in [2.05, 4.69) is 22.2 Å². The van der Waals surface area contributed by atoms with Crippen LogP contribution in [0.2, 0.25) is 0 Å². The topological polar surface area (TPSA) is 84.3 Å². The summed E-state index contributed by atoms with van der Waals surface area (Å²) in [4.78, 5) is 21.3.